The molecule has 5 nitrogen and oxygen atoms in total. The monoisotopic (exact) mass is 205 g/mol. The molecule has 0 amide bonds. The Labute approximate surface area is 87.3 Å². The first-order valence-electron chi connectivity index (χ1n) is 4.50. The predicted octanol–water partition coefficient (Wildman–Crippen LogP) is 3.19. The molecule has 1 aromatic rings. The van der Waals surface area contributed by atoms with Crippen molar-refractivity contribution >= 4 is 11.7 Å². The van der Waals surface area contributed by atoms with E-state index in [0.717, 1.165) is 0 Å². The minimum atomic E-state index is -0.479. The Kier molecular flexibility index (Phi) is 3.71. The van der Waals surface area contributed by atoms with Gasteiger partial charge >= 0.3 is 5.97 Å². The van der Waals surface area contributed by atoms with Crippen molar-refractivity contribution in [3.8, 4) is 0 Å². The first-order chi connectivity index (χ1) is 7.15. The van der Waals surface area contributed by atoms with E-state index < -0.39 is 5.97 Å². The summed E-state index contributed by atoms with van der Waals surface area (Å²) in [6.45, 7) is 3.52. The second kappa shape index (κ2) is 5.02. The molecular formula is C10H11N3O2. The summed E-state index contributed by atoms with van der Waals surface area (Å²) in [5, 5.41) is 3.41. The quantitative estimate of drug-likeness (QED) is 0.329. The number of benzene rings is 1. The maximum absolute atomic E-state index is 11.5. The van der Waals surface area contributed by atoms with Crippen LogP contribution in [0.25, 0.3) is 10.4 Å². The van der Waals surface area contributed by atoms with Crippen LogP contribution in [0, 0.1) is 0 Å². The van der Waals surface area contributed by atoms with Crippen molar-refractivity contribution in [1.29, 1.82) is 0 Å². The zero-order valence-corrected chi connectivity index (χ0v) is 8.54. The molecule has 0 spiro atoms. The Hall–Kier alpha value is -2.00. The van der Waals surface area contributed by atoms with Gasteiger partial charge < -0.3 is 4.74 Å². The molecule has 0 fully saturated rings. The van der Waals surface area contributed by atoms with E-state index in [1.807, 2.05) is 0 Å². The molecule has 0 radical (unpaired) electrons. The van der Waals surface area contributed by atoms with E-state index in [-0.39, 0.29) is 17.4 Å². The minimum Gasteiger partial charge on any atom is -0.459 e. The van der Waals surface area contributed by atoms with Gasteiger partial charge in [0.25, 0.3) is 0 Å². The van der Waals surface area contributed by atoms with Crippen molar-refractivity contribution in [1.82, 2.24) is 0 Å². The fraction of sp³-hybridized carbons (Fsp3) is 0.300. The molecule has 78 valence electrons. The van der Waals surface area contributed by atoms with Gasteiger partial charge in [-0.1, -0.05) is 23.3 Å². The molecular weight excluding hydrogens is 194 g/mol. The SMILES string of the molecule is CC(C)OC(=O)c1ccccc1N=[N+]=[N-]. The van der Waals surface area contributed by atoms with E-state index >= 15 is 0 Å². The van der Waals surface area contributed by atoms with E-state index in [1.165, 1.54) is 0 Å². The van der Waals surface area contributed by atoms with Crippen LogP contribution in [0.4, 0.5) is 5.69 Å². The van der Waals surface area contributed by atoms with Crippen LogP contribution in [0.15, 0.2) is 29.4 Å². The first-order valence-corrected chi connectivity index (χ1v) is 4.50. The molecule has 0 saturated heterocycles. The third-order valence-electron chi connectivity index (χ3n) is 1.62. The highest BCUT2D eigenvalue weighted by Crippen LogP contribution is 2.20. The summed E-state index contributed by atoms with van der Waals surface area (Å²) in [7, 11) is 0. The average molecular weight is 205 g/mol. The van der Waals surface area contributed by atoms with Crippen molar-refractivity contribution in [2.75, 3.05) is 0 Å². The smallest absolute Gasteiger partial charge is 0.338 e. The summed E-state index contributed by atoms with van der Waals surface area (Å²) in [4.78, 5) is 14.2. The van der Waals surface area contributed by atoms with Gasteiger partial charge in [0, 0.05) is 4.91 Å². The standard InChI is InChI=1S/C10H11N3O2/c1-7(2)15-10(14)8-5-3-4-6-9(8)12-13-11/h3-7H,1-2H3. The molecule has 0 bridgehead atoms. The number of hydrogen-bond acceptors (Lipinski definition) is 3. The Bertz CT molecular complexity index is 409. The maximum Gasteiger partial charge on any atom is 0.338 e. The molecule has 5 heteroatoms. The van der Waals surface area contributed by atoms with Crippen LogP contribution in [0.3, 0.4) is 0 Å². The van der Waals surface area contributed by atoms with Gasteiger partial charge in [0.05, 0.1) is 17.4 Å². The summed E-state index contributed by atoms with van der Waals surface area (Å²) in [6.07, 6.45) is -0.198. The Balaban J connectivity index is 3.02. The van der Waals surface area contributed by atoms with Gasteiger partial charge in [-0.15, -0.1) is 0 Å². The Morgan fingerprint density at radius 2 is 2.13 bits per heavy atom. The van der Waals surface area contributed by atoms with E-state index in [1.54, 1.807) is 38.1 Å². The van der Waals surface area contributed by atoms with E-state index in [4.69, 9.17) is 10.3 Å². The van der Waals surface area contributed by atoms with Crippen molar-refractivity contribution in [3.63, 3.8) is 0 Å². The van der Waals surface area contributed by atoms with Gasteiger partial charge in [-0.2, -0.15) is 0 Å². The highest BCUT2D eigenvalue weighted by Gasteiger charge is 2.12. The van der Waals surface area contributed by atoms with Crippen LogP contribution < -0.4 is 0 Å². The number of rotatable bonds is 3. The largest absolute Gasteiger partial charge is 0.459 e. The maximum atomic E-state index is 11.5. The lowest BCUT2D eigenvalue weighted by molar-refractivity contribution is 0.0379. The summed E-state index contributed by atoms with van der Waals surface area (Å²) in [6, 6.07) is 6.51. The number of nitrogens with zero attached hydrogens (tertiary/aromatic N) is 3. The fourth-order valence-electron chi connectivity index (χ4n) is 1.06. The summed E-state index contributed by atoms with van der Waals surface area (Å²) in [5.41, 5.74) is 8.88. The van der Waals surface area contributed by atoms with Gasteiger partial charge in [0.2, 0.25) is 0 Å². The molecule has 0 aliphatic heterocycles. The van der Waals surface area contributed by atoms with Crippen LogP contribution >= 0.6 is 0 Å². The zero-order chi connectivity index (χ0) is 11.3. The number of carbonyl (C=O) groups is 1. The van der Waals surface area contributed by atoms with E-state index in [2.05, 4.69) is 10.0 Å². The highest BCUT2D eigenvalue weighted by atomic mass is 16.5. The lowest BCUT2D eigenvalue weighted by atomic mass is 10.2. The second-order valence-electron chi connectivity index (χ2n) is 3.16. The summed E-state index contributed by atoms with van der Waals surface area (Å²) < 4.78 is 5.00. The Morgan fingerprint density at radius 1 is 1.47 bits per heavy atom. The minimum absolute atomic E-state index is 0.198. The number of azide groups is 1. The number of carbonyl (C=O) groups excluding carboxylic acids is 1. The van der Waals surface area contributed by atoms with Crippen LogP contribution in [-0.2, 0) is 4.74 Å². The van der Waals surface area contributed by atoms with Crippen LogP contribution in [-0.4, -0.2) is 12.1 Å². The number of ether oxygens (including phenoxy) is 1. The van der Waals surface area contributed by atoms with Gasteiger partial charge in [0.15, 0.2) is 0 Å². The molecule has 0 saturated carbocycles. The normalized spacial score (nSPS) is 9.53. The van der Waals surface area contributed by atoms with Gasteiger partial charge in [-0.25, -0.2) is 4.79 Å². The molecule has 0 aromatic heterocycles. The Morgan fingerprint density at radius 3 is 2.73 bits per heavy atom. The zero-order valence-electron chi connectivity index (χ0n) is 8.54. The lowest BCUT2D eigenvalue weighted by Crippen LogP contribution is -2.11. The fourth-order valence-corrected chi connectivity index (χ4v) is 1.06. The molecule has 0 aliphatic carbocycles. The topological polar surface area (TPSA) is 75.1 Å². The molecule has 1 aromatic carbocycles. The van der Waals surface area contributed by atoms with Crippen molar-refractivity contribution < 1.29 is 9.53 Å². The van der Waals surface area contributed by atoms with Crippen LogP contribution in [0.2, 0.25) is 0 Å². The van der Waals surface area contributed by atoms with Crippen molar-refractivity contribution in [2.24, 2.45) is 5.11 Å². The average Bonchev–Trinajstić information content (AvgIpc) is 2.18. The summed E-state index contributed by atoms with van der Waals surface area (Å²) >= 11 is 0. The molecule has 0 N–H and O–H groups in total. The van der Waals surface area contributed by atoms with Gasteiger partial charge in [0.1, 0.15) is 0 Å². The third-order valence-corrected chi connectivity index (χ3v) is 1.62. The molecule has 0 aliphatic rings. The van der Waals surface area contributed by atoms with E-state index in [9.17, 15) is 4.79 Å². The number of hydrogen-bond donors (Lipinski definition) is 0. The molecule has 15 heavy (non-hydrogen) atoms. The van der Waals surface area contributed by atoms with Crippen LogP contribution in [0.1, 0.15) is 24.2 Å². The van der Waals surface area contributed by atoms with Crippen molar-refractivity contribution in [3.05, 3.63) is 40.3 Å². The van der Waals surface area contributed by atoms with Crippen LogP contribution in [0.5, 0.6) is 0 Å². The molecule has 1 rings (SSSR count). The number of esters is 1. The summed E-state index contributed by atoms with van der Waals surface area (Å²) in [5.74, 6) is -0.479. The predicted molar refractivity (Wildman–Crippen MR) is 55.8 cm³/mol. The highest BCUT2D eigenvalue weighted by molar-refractivity contribution is 5.94. The van der Waals surface area contributed by atoms with Crippen molar-refractivity contribution in [2.45, 2.75) is 20.0 Å². The van der Waals surface area contributed by atoms with Gasteiger partial charge in [-0.3, -0.25) is 0 Å². The second-order valence-corrected chi connectivity index (χ2v) is 3.16. The molecule has 0 heterocycles. The third kappa shape index (κ3) is 3.00. The lowest BCUT2D eigenvalue weighted by Gasteiger charge is -2.08. The first kappa shape index (κ1) is 11.1. The van der Waals surface area contributed by atoms with Gasteiger partial charge in [-0.05, 0) is 25.4 Å². The van der Waals surface area contributed by atoms with E-state index in [0.29, 0.717) is 0 Å². The molecule has 0 unspecified atom stereocenters. The molecule has 0 atom stereocenters.